The van der Waals surface area contributed by atoms with E-state index < -0.39 is 6.10 Å². The van der Waals surface area contributed by atoms with Gasteiger partial charge < -0.3 is 14.8 Å². The van der Waals surface area contributed by atoms with Gasteiger partial charge in [0.2, 0.25) is 0 Å². The highest BCUT2D eigenvalue weighted by Gasteiger charge is 2.19. The molecule has 4 heteroatoms. The third-order valence-electron chi connectivity index (χ3n) is 3.30. The Balaban J connectivity index is 2.09. The monoisotopic (exact) mass is 299 g/mol. The highest BCUT2D eigenvalue weighted by molar-refractivity contribution is 5.95. The molecule has 1 atom stereocenters. The second-order valence-corrected chi connectivity index (χ2v) is 5.02. The summed E-state index contributed by atoms with van der Waals surface area (Å²) < 4.78 is 11.0. The predicted octanol–water partition coefficient (Wildman–Crippen LogP) is 3.80. The van der Waals surface area contributed by atoms with E-state index in [2.05, 4.69) is 5.32 Å². The third-order valence-corrected chi connectivity index (χ3v) is 3.30. The molecule has 0 radical (unpaired) electrons. The summed E-state index contributed by atoms with van der Waals surface area (Å²) in [5.41, 5.74) is 1.73. The fourth-order valence-electron chi connectivity index (χ4n) is 2.14. The van der Waals surface area contributed by atoms with Crippen LogP contribution in [0.3, 0.4) is 0 Å². The van der Waals surface area contributed by atoms with Crippen LogP contribution < -0.4 is 14.8 Å². The minimum Gasteiger partial charge on any atom is -0.495 e. The van der Waals surface area contributed by atoms with E-state index in [1.54, 1.807) is 19.2 Å². The van der Waals surface area contributed by atoms with Gasteiger partial charge in [-0.1, -0.05) is 31.2 Å². The van der Waals surface area contributed by atoms with Crippen molar-refractivity contribution in [2.75, 3.05) is 12.4 Å². The molecule has 2 rings (SSSR count). The zero-order chi connectivity index (χ0) is 15.9. The topological polar surface area (TPSA) is 47.6 Å². The first-order valence-electron chi connectivity index (χ1n) is 7.31. The summed E-state index contributed by atoms with van der Waals surface area (Å²) in [7, 11) is 1.57. The van der Waals surface area contributed by atoms with Crippen LogP contribution in [0.1, 0.15) is 18.9 Å². The number of anilines is 1. The van der Waals surface area contributed by atoms with Crippen LogP contribution in [0.4, 0.5) is 5.69 Å². The van der Waals surface area contributed by atoms with Gasteiger partial charge in [-0.3, -0.25) is 4.79 Å². The van der Waals surface area contributed by atoms with Gasteiger partial charge in [0.25, 0.3) is 5.91 Å². The maximum Gasteiger partial charge on any atom is 0.265 e. The van der Waals surface area contributed by atoms with Crippen LogP contribution in [0.25, 0.3) is 0 Å². The first-order chi connectivity index (χ1) is 10.6. The van der Waals surface area contributed by atoms with E-state index in [0.717, 1.165) is 5.56 Å². The predicted molar refractivity (Wildman–Crippen MR) is 87.5 cm³/mol. The van der Waals surface area contributed by atoms with Crippen molar-refractivity contribution in [1.82, 2.24) is 0 Å². The standard InChI is InChI=1S/C18H21NO3/c1-4-16(22-14-9-7-8-13(2)12-14)18(20)19-15-10-5-6-11-17(15)21-3/h5-12,16H,4H2,1-3H3,(H,19,20). The van der Waals surface area contributed by atoms with Gasteiger partial charge >= 0.3 is 0 Å². The van der Waals surface area contributed by atoms with Crippen molar-refractivity contribution in [1.29, 1.82) is 0 Å². The van der Waals surface area contributed by atoms with Gasteiger partial charge in [-0.2, -0.15) is 0 Å². The van der Waals surface area contributed by atoms with E-state index in [-0.39, 0.29) is 5.91 Å². The number of ether oxygens (including phenoxy) is 2. The summed E-state index contributed by atoms with van der Waals surface area (Å²) in [4.78, 5) is 12.4. The van der Waals surface area contributed by atoms with Crippen molar-refractivity contribution in [2.45, 2.75) is 26.4 Å². The normalized spacial score (nSPS) is 11.6. The number of aryl methyl sites for hydroxylation is 1. The molecule has 0 aromatic heterocycles. The van der Waals surface area contributed by atoms with Crippen molar-refractivity contribution in [3.8, 4) is 11.5 Å². The van der Waals surface area contributed by atoms with Gasteiger partial charge in [0.05, 0.1) is 12.8 Å². The summed E-state index contributed by atoms with van der Waals surface area (Å²) in [6.45, 7) is 3.91. The Bertz CT molecular complexity index is 640. The first-order valence-corrected chi connectivity index (χ1v) is 7.31. The maximum atomic E-state index is 12.4. The molecule has 2 aromatic rings. The van der Waals surface area contributed by atoms with Crippen LogP contribution in [0.2, 0.25) is 0 Å². The number of carbonyl (C=O) groups excluding carboxylic acids is 1. The number of benzene rings is 2. The van der Waals surface area contributed by atoms with Gasteiger partial charge in [0, 0.05) is 0 Å². The van der Waals surface area contributed by atoms with Gasteiger partial charge in [-0.15, -0.1) is 0 Å². The molecule has 0 aliphatic heterocycles. The number of methoxy groups -OCH3 is 1. The molecule has 1 N–H and O–H groups in total. The molecular formula is C18H21NO3. The summed E-state index contributed by atoms with van der Waals surface area (Å²) >= 11 is 0. The van der Waals surface area contributed by atoms with Crippen LogP contribution in [-0.4, -0.2) is 19.1 Å². The minimum atomic E-state index is -0.549. The fourth-order valence-corrected chi connectivity index (χ4v) is 2.14. The van der Waals surface area contributed by atoms with Gasteiger partial charge in [-0.25, -0.2) is 0 Å². The Morgan fingerprint density at radius 2 is 1.95 bits per heavy atom. The fraction of sp³-hybridized carbons (Fsp3) is 0.278. The molecule has 1 amide bonds. The van der Waals surface area contributed by atoms with Crippen LogP contribution >= 0.6 is 0 Å². The second kappa shape index (κ2) is 7.50. The molecular weight excluding hydrogens is 278 g/mol. The Labute approximate surface area is 131 Å². The molecule has 116 valence electrons. The van der Waals surface area contributed by atoms with E-state index in [1.165, 1.54) is 0 Å². The first kappa shape index (κ1) is 15.9. The number of rotatable bonds is 6. The molecule has 0 aliphatic carbocycles. The molecule has 0 bridgehead atoms. The second-order valence-electron chi connectivity index (χ2n) is 5.02. The molecule has 0 aliphatic rings. The maximum absolute atomic E-state index is 12.4. The summed E-state index contributed by atoms with van der Waals surface area (Å²) in [5, 5.41) is 2.86. The quantitative estimate of drug-likeness (QED) is 0.882. The number of para-hydroxylation sites is 2. The molecule has 4 nitrogen and oxygen atoms in total. The zero-order valence-corrected chi connectivity index (χ0v) is 13.1. The van der Waals surface area contributed by atoms with Crippen LogP contribution in [0.15, 0.2) is 48.5 Å². The van der Waals surface area contributed by atoms with E-state index >= 15 is 0 Å². The summed E-state index contributed by atoms with van der Waals surface area (Å²) in [5.74, 6) is 1.14. The Morgan fingerprint density at radius 3 is 2.64 bits per heavy atom. The number of hydrogen-bond donors (Lipinski definition) is 1. The summed E-state index contributed by atoms with van der Waals surface area (Å²) in [6, 6.07) is 15.0. The zero-order valence-electron chi connectivity index (χ0n) is 13.1. The van der Waals surface area contributed by atoms with E-state index in [4.69, 9.17) is 9.47 Å². The lowest BCUT2D eigenvalue weighted by Crippen LogP contribution is -2.32. The number of nitrogens with one attached hydrogen (secondary N) is 1. The largest absolute Gasteiger partial charge is 0.495 e. The lowest BCUT2D eigenvalue weighted by molar-refractivity contribution is -0.122. The number of carbonyl (C=O) groups is 1. The molecule has 1 unspecified atom stereocenters. The molecule has 2 aromatic carbocycles. The highest BCUT2D eigenvalue weighted by atomic mass is 16.5. The Kier molecular flexibility index (Phi) is 5.42. The molecule has 0 heterocycles. The van der Waals surface area contributed by atoms with Gasteiger partial charge in [0.15, 0.2) is 6.10 Å². The SMILES string of the molecule is CCC(Oc1cccc(C)c1)C(=O)Nc1ccccc1OC. The Hall–Kier alpha value is -2.49. The van der Waals surface area contributed by atoms with Crippen molar-refractivity contribution >= 4 is 11.6 Å². The molecule has 22 heavy (non-hydrogen) atoms. The van der Waals surface area contributed by atoms with Crippen molar-refractivity contribution in [2.24, 2.45) is 0 Å². The molecule has 0 saturated carbocycles. The third kappa shape index (κ3) is 4.01. The van der Waals surface area contributed by atoms with E-state index in [1.807, 2.05) is 50.2 Å². The number of amides is 1. The molecule has 0 saturated heterocycles. The van der Waals surface area contributed by atoms with Gasteiger partial charge in [0.1, 0.15) is 11.5 Å². The lowest BCUT2D eigenvalue weighted by atomic mass is 10.2. The van der Waals surface area contributed by atoms with Crippen LogP contribution in [-0.2, 0) is 4.79 Å². The van der Waals surface area contributed by atoms with Crippen LogP contribution in [0.5, 0.6) is 11.5 Å². The molecule has 0 fully saturated rings. The average Bonchev–Trinajstić information content (AvgIpc) is 2.53. The van der Waals surface area contributed by atoms with E-state index in [9.17, 15) is 4.79 Å². The van der Waals surface area contributed by atoms with Crippen molar-refractivity contribution in [3.63, 3.8) is 0 Å². The van der Waals surface area contributed by atoms with E-state index in [0.29, 0.717) is 23.6 Å². The minimum absolute atomic E-state index is 0.187. The van der Waals surface area contributed by atoms with Crippen LogP contribution in [0, 0.1) is 6.92 Å². The average molecular weight is 299 g/mol. The van der Waals surface area contributed by atoms with Gasteiger partial charge in [-0.05, 0) is 43.2 Å². The number of hydrogen-bond acceptors (Lipinski definition) is 3. The summed E-state index contributed by atoms with van der Waals surface area (Å²) in [6.07, 6.45) is 0.0290. The van der Waals surface area contributed by atoms with Crippen molar-refractivity contribution < 1.29 is 14.3 Å². The van der Waals surface area contributed by atoms with Crippen molar-refractivity contribution in [3.05, 3.63) is 54.1 Å². The smallest absolute Gasteiger partial charge is 0.265 e. The Morgan fingerprint density at radius 1 is 1.18 bits per heavy atom. The lowest BCUT2D eigenvalue weighted by Gasteiger charge is -2.18. The molecule has 0 spiro atoms. The highest BCUT2D eigenvalue weighted by Crippen LogP contribution is 2.24.